The number of benzene rings is 1. The van der Waals surface area contributed by atoms with E-state index in [1.165, 1.54) is 12.1 Å². The monoisotopic (exact) mass is 302 g/mol. The zero-order valence-corrected chi connectivity index (χ0v) is 11.5. The molecule has 0 saturated carbocycles. The van der Waals surface area contributed by atoms with Gasteiger partial charge in [-0.05, 0) is 25.0 Å². The number of carbonyl (C=O) groups excluding carboxylic acids is 1. The van der Waals surface area contributed by atoms with E-state index in [1.54, 1.807) is 17.0 Å². The third-order valence-electron chi connectivity index (χ3n) is 3.20. The van der Waals surface area contributed by atoms with E-state index >= 15 is 0 Å². The van der Waals surface area contributed by atoms with Crippen LogP contribution in [0.2, 0.25) is 0 Å². The topological polar surface area (TPSA) is 63.5 Å². The Labute approximate surface area is 120 Å². The predicted molar refractivity (Wildman–Crippen MR) is 74.0 cm³/mol. The Morgan fingerprint density at radius 3 is 2.53 bits per heavy atom. The first-order valence-electron chi connectivity index (χ1n) is 5.80. The van der Waals surface area contributed by atoms with Gasteiger partial charge in [-0.3, -0.25) is 10.1 Å². The van der Waals surface area contributed by atoms with Gasteiger partial charge in [0.2, 0.25) is 0 Å². The fourth-order valence-corrected chi connectivity index (χ4v) is 2.83. The summed E-state index contributed by atoms with van der Waals surface area (Å²) in [6, 6.07) is 5.35. The van der Waals surface area contributed by atoms with Crippen LogP contribution in [0.4, 0.5) is 11.4 Å². The average molecular weight is 303 g/mol. The van der Waals surface area contributed by atoms with Crippen LogP contribution < -0.4 is 4.90 Å². The summed E-state index contributed by atoms with van der Waals surface area (Å²) in [4.78, 5) is 23.1. The normalized spacial score (nSPS) is 22.0. The number of anilines is 1. The van der Waals surface area contributed by atoms with Gasteiger partial charge in [0.1, 0.15) is 16.7 Å². The molecular weight excluding hydrogens is 291 g/mol. The Balaban J connectivity index is 2.29. The summed E-state index contributed by atoms with van der Waals surface area (Å²) in [5, 5.41) is 10.6. The molecule has 1 fully saturated rings. The molecule has 7 heteroatoms. The van der Waals surface area contributed by atoms with Gasteiger partial charge in [-0.1, -0.05) is 23.2 Å². The van der Waals surface area contributed by atoms with Gasteiger partial charge in [0.05, 0.1) is 4.92 Å². The van der Waals surface area contributed by atoms with Crippen LogP contribution in [0.1, 0.15) is 12.8 Å². The second kappa shape index (κ2) is 5.35. The van der Waals surface area contributed by atoms with Crippen LogP contribution in [0.3, 0.4) is 0 Å². The minimum absolute atomic E-state index is 0.00595. The van der Waals surface area contributed by atoms with Crippen molar-refractivity contribution in [1.82, 2.24) is 0 Å². The number of alkyl halides is 2. The van der Waals surface area contributed by atoms with Crippen LogP contribution in [-0.4, -0.2) is 28.1 Å². The number of halogens is 2. The van der Waals surface area contributed by atoms with E-state index in [4.69, 9.17) is 23.2 Å². The van der Waals surface area contributed by atoms with Gasteiger partial charge in [0.25, 0.3) is 5.69 Å². The van der Waals surface area contributed by atoms with Gasteiger partial charge >= 0.3 is 0 Å². The molecule has 1 atom stereocenters. The molecule has 102 valence electrons. The van der Waals surface area contributed by atoms with Crippen molar-refractivity contribution in [1.29, 1.82) is 0 Å². The summed E-state index contributed by atoms with van der Waals surface area (Å²) in [7, 11) is 0. The molecule has 0 amide bonds. The Bertz CT molecular complexity index is 490. The largest absolute Gasteiger partial charge is 0.359 e. The highest BCUT2D eigenvalue weighted by molar-refractivity contribution is 6.50. The minimum atomic E-state index is -1.12. The zero-order chi connectivity index (χ0) is 14.0. The fraction of sp³-hybridized carbons (Fsp3) is 0.417. The number of piperidine rings is 1. The summed E-state index contributed by atoms with van der Waals surface area (Å²) in [6.45, 7) is 0.641. The van der Waals surface area contributed by atoms with Crippen LogP contribution in [0.5, 0.6) is 0 Å². The number of rotatable bonds is 3. The molecule has 0 aromatic heterocycles. The first kappa shape index (κ1) is 14.1. The molecule has 1 aliphatic rings. The van der Waals surface area contributed by atoms with E-state index in [9.17, 15) is 14.9 Å². The van der Waals surface area contributed by atoms with Crippen molar-refractivity contribution in [2.45, 2.75) is 23.2 Å². The third-order valence-corrected chi connectivity index (χ3v) is 4.02. The number of non-ortho nitro benzene ring substituents is 1. The summed E-state index contributed by atoms with van der Waals surface area (Å²) < 4.78 is -1.12. The van der Waals surface area contributed by atoms with Crippen molar-refractivity contribution in [2.24, 2.45) is 0 Å². The number of aldehydes is 1. The summed E-state index contributed by atoms with van der Waals surface area (Å²) in [5.74, 6) is 0. The van der Waals surface area contributed by atoms with E-state index in [0.29, 0.717) is 18.7 Å². The predicted octanol–water partition coefficient (Wildman–Crippen LogP) is 2.94. The van der Waals surface area contributed by atoms with Crippen molar-refractivity contribution >= 4 is 40.9 Å². The number of carbonyl (C=O) groups is 1. The van der Waals surface area contributed by atoms with E-state index in [0.717, 1.165) is 12.7 Å². The molecule has 1 aliphatic heterocycles. The molecule has 0 aliphatic carbocycles. The summed E-state index contributed by atoms with van der Waals surface area (Å²) in [6.07, 6.45) is 2.03. The molecule has 1 aromatic carbocycles. The van der Waals surface area contributed by atoms with Crippen LogP contribution in [-0.2, 0) is 4.79 Å². The summed E-state index contributed by atoms with van der Waals surface area (Å²) in [5.41, 5.74) is 0.708. The van der Waals surface area contributed by atoms with Crippen molar-refractivity contribution in [3.63, 3.8) is 0 Å². The first-order valence-corrected chi connectivity index (χ1v) is 6.55. The number of nitrogens with zero attached hydrogens (tertiary/aromatic N) is 2. The molecule has 1 aromatic rings. The van der Waals surface area contributed by atoms with Crippen LogP contribution in [0, 0.1) is 10.1 Å². The summed E-state index contributed by atoms with van der Waals surface area (Å²) >= 11 is 12.3. The quantitative estimate of drug-likeness (QED) is 0.373. The standard InChI is InChI=1S/C12H12Cl2N2O3/c13-12(14)6-1-7-15(11(12)8-17)9-2-4-10(5-3-9)16(18)19/h2-5,8,11H,1,6-7H2. The fourth-order valence-electron chi connectivity index (χ4n) is 2.23. The number of nitro groups is 1. The van der Waals surface area contributed by atoms with Crippen molar-refractivity contribution in [3.05, 3.63) is 34.4 Å². The van der Waals surface area contributed by atoms with Crippen molar-refractivity contribution < 1.29 is 9.72 Å². The van der Waals surface area contributed by atoms with Crippen LogP contribution in [0.25, 0.3) is 0 Å². The molecule has 1 saturated heterocycles. The molecule has 19 heavy (non-hydrogen) atoms. The second-order valence-corrected chi connectivity index (χ2v) is 5.95. The maximum atomic E-state index is 11.2. The highest BCUT2D eigenvalue weighted by atomic mass is 35.5. The van der Waals surface area contributed by atoms with Crippen LogP contribution in [0.15, 0.2) is 24.3 Å². The lowest BCUT2D eigenvalue weighted by atomic mass is 10.0. The lowest BCUT2D eigenvalue weighted by Gasteiger charge is -2.41. The van der Waals surface area contributed by atoms with E-state index in [1.807, 2.05) is 0 Å². The molecule has 0 spiro atoms. The molecule has 0 N–H and O–H groups in total. The van der Waals surface area contributed by atoms with Gasteiger partial charge in [-0.2, -0.15) is 0 Å². The van der Waals surface area contributed by atoms with E-state index < -0.39 is 15.3 Å². The maximum absolute atomic E-state index is 11.2. The molecule has 0 radical (unpaired) electrons. The maximum Gasteiger partial charge on any atom is 0.269 e. The highest BCUT2D eigenvalue weighted by Crippen LogP contribution is 2.39. The lowest BCUT2D eigenvalue weighted by molar-refractivity contribution is -0.384. The smallest absolute Gasteiger partial charge is 0.269 e. The molecule has 1 unspecified atom stereocenters. The van der Waals surface area contributed by atoms with Gasteiger partial charge in [-0.15, -0.1) is 0 Å². The average Bonchev–Trinajstić information content (AvgIpc) is 2.37. The second-order valence-electron chi connectivity index (χ2n) is 4.41. The minimum Gasteiger partial charge on any atom is -0.359 e. The molecule has 2 rings (SSSR count). The van der Waals surface area contributed by atoms with Crippen molar-refractivity contribution in [3.8, 4) is 0 Å². The molecule has 1 heterocycles. The van der Waals surface area contributed by atoms with E-state index in [2.05, 4.69) is 0 Å². The van der Waals surface area contributed by atoms with Crippen LogP contribution >= 0.6 is 23.2 Å². The number of hydrogen-bond acceptors (Lipinski definition) is 4. The molecule has 0 bridgehead atoms. The molecule has 5 nitrogen and oxygen atoms in total. The first-order chi connectivity index (χ1) is 8.95. The van der Waals surface area contributed by atoms with E-state index in [-0.39, 0.29) is 5.69 Å². The zero-order valence-electron chi connectivity index (χ0n) is 9.96. The Hall–Kier alpha value is -1.33. The Morgan fingerprint density at radius 1 is 1.37 bits per heavy atom. The SMILES string of the molecule is O=CC1N(c2ccc([N+](=O)[O-])cc2)CCCC1(Cl)Cl. The van der Waals surface area contributed by atoms with Gasteiger partial charge < -0.3 is 9.69 Å². The third kappa shape index (κ3) is 2.82. The lowest BCUT2D eigenvalue weighted by Crippen LogP contribution is -2.52. The highest BCUT2D eigenvalue weighted by Gasteiger charge is 2.42. The van der Waals surface area contributed by atoms with Gasteiger partial charge in [0.15, 0.2) is 0 Å². The van der Waals surface area contributed by atoms with Crippen molar-refractivity contribution in [2.75, 3.05) is 11.4 Å². The molecular formula is C12H12Cl2N2O3. The Kier molecular flexibility index (Phi) is 3.96. The Morgan fingerprint density at radius 2 is 2.00 bits per heavy atom. The van der Waals surface area contributed by atoms with Gasteiger partial charge in [-0.25, -0.2) is 0 Å². The number of hydrogen-bond donors (Lipinski definition) is 0. The number of nitro benzene ring substituents is 1. The van der Waals surface area contributed by atoms with Gasteiger partial charge in [0, 0.05) is 24.4 Å².